The van der Waals surface area contributed by atoms with E-state index in [1.165, 1.54) is 23.9 Å². The Morgan fingerprint density at radius 3 is 2.39 bits per heavy atom. The normalized spacial score (nSPS) is 12.8. The monoisotopic (exact) mass is 275 g/mol. The maximum absolute atomic E-state index is 11.9. The van der Waals surface area contributed by atoms with Gasteiger partial charge in [0, 0.05) is 10.6 Å². The molecule has 1 unspecified atom stereocenters. The number of nitrogens with zero attached hydrogens (tertiary/aromatic N) is 1. The van der Waals surface area contributed by atoms with Gasteiger partial charge >= 0.3 is 6.36 Å². The third kappa shape index (κ3) is 5.32. The number of alkyl halides is 3. The van der Waals surface area contributed by atoms with Crippen LogP contribution in [0.3, 0.4) is 0 Å². The molecule has 0 heterocycles. The Kier molecular flexibility index (Phi) is 5.35. The topological polar surface area (TPSA) is 33.0 Å². The SMILES string of the molecule is CCC(C#N)CSc1ccc(OC(F)(F)F)cc1. The van der Waals surface area contributed by atoms with Gasteiger partial charge in [-0.1, -0.05) is 6.92 Å². The summed E-state index contributed by atoms with van der Waals surface area (Å²) in [7, 11) is 0. The van der Waals surface area contributed by atoms with E-state index < -0.39 is 6.36 Å². The van der Waals surface area contributed by atoms with Crippen LogP contribution in [0.2, 0.25) is 0 Å². The lowest BCUT2D eigenvalue weighted by Gasteiger charge is -2.09. The number of hydrogen-bond donors (Lipinski definition) is 0. The molecule has 2 nitrogen and oxygen atoms in total. The summed E-state index contributed by atoms with van der Waals surface area (Å²) in [5.74, 6) is 0.354. The summed E-state index contributed by atoms with van der Waals surface area (Å²) < 4.78 is 39.5. The van der Waals surface area contributed by atoms with Gasteiger partial charge in [0.05, 0.1) is 12.0 Å². The maximum Gasteiger partial charge on any atom is 0.573 e. The van der Waals surface area contributed by atoms with Gasteiger partial charge in [-0.25, -0.2) is 0 Å². The molecular formula is C12H12F3NOS. The van der Waals surface area contributed by atoms with Gasteiger partial charge in [-0.3, -0.25) is 0 Å². The molecule has 0 amide bonds. The summed E-state index contributed by atoms with van der Waals surface area (Å²) >= 11 is 1.45. The smallest absolute Gasteiger partial charge is 0.406 e. The van der Waals surface area contributed by atoms with Crippen molar-refractivity contribution in [1.82, 2.24) is 0 Å². The summed E-state index contributed by atoms with van der Waals surface area (Å²) in [5, 5.41) is 8.77. The van der Waals surface area contributed by atoms with Crippen molar-refractivity contribution in [3.8, 4) is 11.8 Å². The van der Waals surface area contributed by atoms with Crippen LogP contribution >= 0.6 is 11.8 Å². The Morgan fingerprint density at radius 1 is 1.33 bits per heavy atom. The molecule has 0 fully saturated rings. The summed E-state index contributed by atoms with van der Waals surface area (Å²) in [6, 6.07) is 7.81. The standard InChI is InChI=1S/C12H12F3NOS/c1-2-9(7-16)8-18-11-5-3-10(4-6-11)17-12(13,14)15/h3-6,9H,2,8H2,1H3. The molecule has 0 saturated heterocycles. The van der Waals surface area contributed by atoms with Crippen molar-refractivity contribution in [2.24, 2.45) is 5.92 Å². The van der Waals surface area contributed by atoms with Crippen LogP contribution in [0.1, 0.15) is 13.3 Å². The van der Waals surface area contributed by atoms with Crippen molar-refractivity contribution < 1.29 is 17.9 Å². The van der Waals surface area contributed by atoms with Gasteiger partial charge in [0.1, 0.15) is 5.75 Å². The minimum absolute atomic E-state index is 0.0406. The summed E-state index contributed by atoms with van der Waals surface area (Å²) in [5.41, 5.74) is 0. The molecule has 98 valence electrons. The average molecular weight is 275 g/mol. The highest BCUT2D eigenvalue weighted by Crippen LogP contribution is 2.27. The van der Waals surface area contributed by atoms with E-state index in [-0.39, 0.29) is 11.7 Å². The van der Waals surface area contributed by atoms with Crippen LogP contribution in [0, 0.1) is 17.2 Å². The van der Waals surface area contributed by atoms with Crippen molar-refractivity contribution >= 4 is 11.8 Å². The van der Waals surface area contributed by atoms with Crippen LogP contribution in [0.25, 0.3) is 0 Å². The molecule has 1 rings (SSSR count). The Balaban J connectivity index is 2.53. The number of rotatable bonds is 5. The predicted octanol–water partition coefficient (Wildman–Crippen LogP) is 4.23. The van der Waals surface area contributed by atoms with E-state index >= 15 is 0 Å². The summed E-state index contributed by atoms with van der Waals surface area (Å²) in [6.45, 7) is 1.93. The van der Waals surface area contributed by atoms with Gasteiger partial charge in [0.25, 0.3) is 0 Å². The van der Waals surface area contributed by atoms with Gasteiger partial charge in [-0.2, -0.15) is 5.26 Å². The molecule has 1 aromatic carbocycles. The molecule has 0 N–H and O–H groups in total. The highest BCUT2D eigenvalue weighted by atomic mass is 32.2. The lowest BCUT2D eigenvalue weighted by atomic mass is 10.1. The van der Waals surface area contributed by atoms with E-state index in [1.54, 1.807) is 12.1 Å². The van der Waals surface area contributed by atoms with Crippen molar-refractivity contribution in [2.75, 3.05) is 5.75 Å². The van der Waals surface area contributed by atoms with E-state index in [0.717, 1.165) is 11.3 Å². The molecule has 0 saturated carbocycles. The molecule has 1 atom stereocenters. The molecular weight excluding hydrogens is 263 g/mol. The van der Waals surface area contributed by atoms with Crippen molar-refractivity contribution in [3.63, 3.8) is 0 Å². The Hall–Kier alpha value is -1.35. The molecule has 0 aliphatic carbocycles. The van der Waals surface area contributed by atoms with E-state index in [1.807, 2.05) is 6.92 Å². The molecule has 0 aliphatic rings. The fourth-order valence-corrected chi connectivity index (χ4v) is 2.21. The van der Waals surface area contributed by atoms with Gasteiger partial charge in [0.2, 0.25) is 0 Å². The molecule has 0 aromatic heterocycles. The van der Waals surface area contributed by atoms with E-state index in [2.05, 4.69) is 10.8 Å². The second kappa shape index (κ2) is 6.55. The van der Waals surface area contributed by atoms with Crippen LogP contribution in [0.5, 0.6) is 5.75 Å². The van der Waals surface area contributed by atoms with Gasteiger partial charge in [-0.05, 0) is 30.7 Å². The first-order chi connectivity index (χ1) is 8.44. The fraction of sp³-hybridized carbons (Fsp3) is 0.417. The molecule has 0 spiro atoms. The highest BCUT2D eigenvalue weighted by molar-refractivity contribution is 7.99. The van der Waals surface area contributed by atoms with Crippen molar-refractivity contribution in [1.29, 1.82) is 5.26 Å². The largest absolute Gasteiger partial charge is 0.573 e. The Labute approximate surface area is 108 Å². The zero-order chi connectivity index (χ0) is 13.6. The quantitative estimate of drug-likeness (QED) is 0.754. The molecule has 0 radical (unpaired) electrons. The number of nitriles is 1. The highest BCUT2D eigenvalue weighted by Gasteiger charge is 2.30. The van der Waals surface area contributed by atoms with Crippen molar-refractivity contribution in [2.45, 2.75) is 24.6 Å². The van der Waals surface area contributed by atoms with Gasteiger partial charge in [0.15, 0.2) is 0 Å². The Morgan fingerprint density at radius 2 is 1.94 bits per heavy atom. The van der Waals surface area contributed by atoms with E-state index in [4.69, 9.17) is 5.26 Å². The molecule has 0 bridgehead atoms. The average Bonchev–Trinajstić information content (AvgIpc) is 2.30. The lowest BCUT2D eigenvalue weighted by molar-refractivity contribution is -0.274. The maximum atomic E-state index is 11.9. The third-order valence-electron chi connectivity index (χ3n) is 2.18. The Bertz CT molecular complexity index is 411. The minimum Gasteiger partial charge on any atom is -0.406 e. The first-order valence-corrected chi connectivity index (χ1v) is 6.31. The molecule has 0 aliphatic heterocycles. The lowest BCUT2D eigenvalue weighted by Crippen LogP contribution is -2.16. The van der Waals surface area contributed by atoms with E-state index in [9.17, 15) is 13.2 Å². The number of halogens is 3. The minimum atomic E-state index is -4.66. The summed E-state index contributed by atoms with van der Waals surface area (Å²) in [6.07, 6.45) is -3.90. The number of benzene rings is 1. The zero-order valence-corrected chi connectivity index (χ0v) is 10.5. The van der Waals surface area contributed by atoms with Gasteiger partial charge in [-0.15, -0.1) is 24.9 Å². The first-order valence-electron chi connectivity index (χ1n) is 5.33. The van der Waals surface area contributed by atoms with Crippen LogP contribution in [-0.2, 0) is 0 Å². The second-order valence-electron chi connectivity index (χ2n) is 3.56. The third-order valence-corrected chi connectivity index (χ3v) is 3.36. The first kappa shape index (κ1) is 14.7. The number of ether oxygens (including phenoxy) is 1. The van der Waals surface area contributed by atoms with Crippen LogP contribution in [0.4, 0.5) is 13.2 Å². The molecule has 1 aromatic rings. The second-order valence-corrected chi connectivity index (χ2v) is 4.66. The molecule has 18 heavy (non-hydrogen) atoms. The van der Waals surface area contributed by atoms with Crippen molar-refractivity contribution in [3.05, 3.63) is 24.3 Å². The number of thioether (sulfide) groups is 1. The van der Waals surface area contributed by atoms with Gasteiger partial charge < -0.3 is 4.74 Å². The molecule has 6 heteroatoms. The van der Waals surface area contributed by atoms with Crippen LogP contribution < -0.4 is 4.74 Å². The fourth-order valence-electron chi connectivity index (χ4n) is 1.18. The van der Waals surface area contributed by atoms with Crippen LogP contribution in [0.15, 0.2) is 29.2 Å². The summed E-state index contributed by atoms with van der Waals surface area (Å²) in [4.78, 5) is 0.818. The zero-order valence-electron chi connectivity index (χ0n) is 9.70. The predicted molar refractivity (Wildman–Crippen MR) is 63.2 cm³/mol. The van der Waals surface area contributed by atoms with Crippen LogP contribution in [-0.4, -0.2) is 12.1 Å². The number of hydrogen-bond acceptors (Lipinski definition) is 3. The van der Waals surface area contributed by atoms with E-state index in [0.29, 0.717) is 5.75 Å².